The molecule has 7 rings (SSSR count). The van der Waals surface area contributed by atoms with E-state index < -0.39 is 23.0 Å². The number of halogens is 3. The third-order valence-corrected chi connectivity index (χ3v) is 8.12. The summed E-state index contributed by atoms with van der Waals surface area (Å²) in [6.45, 7) is 2.06. The number of hydrogen-bond acceptors (Lipinski definition) is 3. The second-order valence-corrected chi connectivity index (χ2v) is 10.8. The molecule has 0 atom stereocenters. The van der Waals surface area contributed by atoms with E-state index in [4.69, 9.17) is 0 Å². The highest BCUT2D eigenvalue weighted by atomic mass is 19.4. The Morgan fingerprint density at radius 2 is 1.49 bits per heavy atom. The summed E-state index contributed by atoms with van der Waals surface area (Å²) in [5.74, 6) is -0.0154. The summed E-state index contributed by atoms with van der Waals surface area (Å²) in [5, 5.41) is 1.58. The van der Waals surface area contributed by atoms with Crippen molar-refractivity contribution >= 4 is 21.8 Å². The van der Waals surface area contributed by atoms with Crippen LogP contribution in [0.25, 0.3) is 50.1 Å². The molecule has 222 valence electrons. The molecule has 2 aliphatic rings. The maximum atomic E-state index is 14.2. The summed E-state index contributed by atoms with van der Waals surface area (Å²) in [6, 6.07) is 33.5. The van der Waals surface area contributed by atoms with Crippen molar-refractivity contribution in [2.75, 3.05) is 0 Å². The van der Waals surface area contributed by atoms with Crippen molar-refractivity contribution < 1.29 is 17.7 Å². The number of hydrogen-bond donors (Lipinski definition) is 0. The molecule has 0 amide bonds. The second-order valence-electron chi connectivity index (χ2n) is 10.8. The van der Waals surface area contributed by atoms with Gasteiger partial charge in [-0.1, -0.05) is 91.0 Å². The maximum absolute atomic E-state index is 14.2. The van der Waals surface area contributed by atoms with Crippen LogP contribution in [0.4, 0.5) is 13.2 Å². The van der Waals surface area contributed by atoms with E-state index in [2.05, 4.69) is 4.98 Å². The van der Waals surface area contributed by atoms with Crippen molar-refractivity contribution in [2.45, 2.75) is 26.2 Å². The summed E-state index contributed by atoms with van der Waals surface area (Å²) < 4.78 is 46.7. The minimum atomic E-state index is -4.62. The molecular formula is C36H26F3N4O2+. The van der Waals surface area contributed by atoms with Gasteiger partial charge in [-0.05, 0) is 47.2 Å². The summed E-state index contributed by atoms with van der Waals surface area (Å²) in [5.41, 5.74) is 1.46. The first-order valence-corrected chi connectivity index (χ1v) is 14.5. The van der Waals surface area contributed by atoms with Crippen molar-refractivity contribution in [3.8, 4) is 28.3 Å². The number of aryl methyl sites for hydroxylation is 1. The van der Waals surface area contributed by atoms with Crippen LogP contribution in [-0.4, -0.2) is 14.1 Å². The second kappa shape index (κ2) is 10.9. The predicted molar refractivity (Wildman–Crippen MR) is 168 cm³/mol. The topological polar surface area (TPSA) is 60.8 Å². The van der Waals surface area contributed by atoms with Crippen molar-refractivity contribution in [1.82, 2.24) is 14.1 Å². The Hall–Kier alpha value is -5.57. The summed E-state index contributed by atoms with van der Waals surface area (Å²) in [6.07, 6.45) is -4.62. The molecule has 2 aliphatic heterocycles. The van der Waals surface area contributed by atoms with E-state index >= 15 is 0 Å². The van der Waals surface area contributed by atoms with Crippen LogP contribution in [-0.2, 0) is 19.3 Å². The molecule has 6 nitrogen and oxygen atoms in total. The van der Waals surface area contributed by atoms with Gasteiger partial charge in [0.25, 0.3) is 0 Å². The molecule has 0 spiro atoms. The van der Waals surface area contributed by atoms with Crippen LogP contribution in [0.1, 0.15) is 18.1 Å². The van der Waals surface area contributed by atoms with Crippen LogP contribution in [0.3, 0.4) is 0 Å². The smallest absolute Gasteiger partial charge is 0.282 e. The fourth-order valence-corrected chi connectivity index (χ4v) is 6.09. The molecule has 45 heavy (non-hydrogen) atoms. The summed E-state index contributed by atoms with van der Waals surface area (Å²) >= 11 is 0. The summed E-state index contributed by atoms with van der Waals surface area (Å²) in [7, 11) is 0. The molecule has 0 N–H and O–H groups in total. The van der Waals surface area contributed by atoms with E-state index in [1.165, 1.54) is 10.6 Å². The standard InChI is InChI=1S/C36H26F3N4O2/c1-2-41-28-20-19-26(36(37,38)39)21-30(28)43(33-32(41)34(44)42(35(45)40-33)22-23-11-5-3-6-12-23)29-18-10-16-25-15-9-17-27(31(25)29)24-13-7-4-8-14-24/h3-21H,2,22H2,1H3/q+1. The van der Waals surface area contributed by atoms with Crippen molar-refractivity contribution in [3.63, 3.8) is 0 Å². The van der Waals surface area contributed by atoms with Crippen molar-refractivity contribution in [2.24, 2.45) is 0 Å². The lowest BCUT2D eigenvalue weighted by molar-refractivity contribution is -0.658. The number of aromatic nitrogens is 4. The van der Waals surface area contributed by atoms with Crippen LogP contribution in [0, 0.1) is 0 Å². The van der Waals surface area contributed by atoms with Gasteiger partial charge in [0, 0.05) is 11.5 Å². The van der Waals surface area contributed by atoms with E-state index in [9.17, 15) is 22.8 Å². The Morgan fingerprint density at radius 1 is 0.800 bits per heavy atom. The molecule has 2 heterocycles. The lowest BCUT2D eigenvalue weighted by atomic mass is 9.96. The monoisotopic (exact) mass is 603 g/mol. The number of fused-ring (bicyclic) bond motifs is 3. The van der Waals surface area contributed by atoms with Gasteiger partial charge in [0.05, 0.1) is 17.8 Å². The minimum absolute atomic E-state index is 0.00261. The predicted octanol–water partition coefficient (Wildman–Crippen LogP) is 6.85. The van der Waals surface area contributed by atoms with Crippen molar-refractivity contribution in [3.05, 3.63) is 147 Å². The molecule has 0 bridgehead atoms. The molecule has 5 aromatic rings. The van der Waals surface area contributed by atoms with Gasteiger partial charge >= 0.3 is 23.1 Å². The largest absolute Gasteiger partial charge is 0.416 e. The first-order chi connectivity index (χ1) is 21.8. The Labute approximate surface area is 255 Å². The SMILES string of the molecule is CC[n+]1c2c(=O)n(Cc3ccccc3)c(=O)nc-2n(-c2cccc3cccc(-c4ccccc4)c23)c2cc(C(F)(F)F)ccc21. The molecule has 0 saturated carbocycles. The third kappa shape index (κ3) is 4.77. The van der Waals surface area contributed by atoms with E-state index in [1.807, 2.05) is 84.9 Å². The Balaban J connectivity index is 1.67. The highest BCUT2D eigenvalue weighted by Crippen LogP contribution is 2.37. The highest BCUT2D eigenvalue weighted by molar-refractivity contribution is 6.03. The number of alkyl halides is 3. The fraction of sp³-hybridized carbons (Fsp3) is 0.111. The van der Waals surface area contributed by atoms with Gasteiger partial charge in [-0.2, -0.15) is 22.7 Å². The molecule has 0 aromatic heterocycles. The Morgan fingerprint density at radius 3 is 2.18 bits per heavy atom. The van der Waals surface area contributed by atoms with E-state index in [0.29, 0.717) is 11.2 Å². The number of nitrogens with zero attached hydrogens (tertiary/aromatic N) is 4. The Kier molecular flexibility index (Phi) is 6.81. The van der Waals surface area contributed by atoms with Crippen LogP contribution in [0.15, 0.2) is 125 Å². The van der Waals surface area contributed by atoms with Crippen LogP contribution in [0.5, 0.6) is 0 Å². The molecule has 5 aromatic carbocycles. The van der Waals surface area contributed by atoms with Gasteiger partial charge in [-0.25, -0.2) is 9.36 Å². The zero-order chi connectivity index (χ0) is 31.3. The molecule has 0 radical (unpaired) electrons. The van der Waals surface area contributed by atoms with Crippen LogP contribution < -0.4 is 15.8 Å². The lowest BCUT2D eigenvalue weighted by Crippen LogP contribution is -2.49. The molecular weight excluding hydrogens is 577 g/mol. The van der Waals surface area contributed by atoms with Gasteiger partial charge < -0.3 is 0 Å². The fourth-order valence-electron chi connectivity index (χ4n) is 6.09. The van der Waals surface area contributed by atoms with Crippen LogP contribution in [0.2, 0.25) is 0 Å². The van der Waals surface area contributed by atoms with Gasteiger partial charge in [0.2, 0.25) is 11.3 Å². The average molecular weight is 604 g/mol. The third-order valence-electron chi connectivity index (χ3n) is 8.12. The molecule has 0 fully saturated rings. The van der Waals surface area contributed by atoms with E-state index in [0.717, 1.165) is 44.2 Å². The molecule has 0 saturated heterocycles. The van der Waals surface area contributed by atoms with Gasteiger partial charge in [0.15, 0.2) is 0 Å². The molecule has 0 unspecified atom stereocenters. The molecule has 0 aliphatic carbocycles. The lowest BCUT2D eigenvalue weighted by Gasteiger charge is -2.21. The number of benzene rings is 5. The van der Waals surface area contributed by atoms with Crippen molar-refractivity contribution in [1.29, 1.82) is 0 Å². The number of rotatable bonds is 5. The minimum Gasteiger partial charge on any atom is -0.282 e. The van der Waals surface area contributed by atoms with Crippen LogP contribution >= 0.6 is 0 Å². The van der Waals surface area contributed by atoms with Gasteiger partial charge in [0.1, 0.15) is 12.1 Å². The quantitative estimate of drug-likeness (QED) is 0.160. The van der Waals surface area contributed by atoms with Gasteiger partial charge in [-0.3, -0.25) is 9.36 Å². The van der Waals surface area contributed by atoms with E-state index in [-0.39, 0.29) is 30.1 Å². The zero-order valence-corrected chi connectivity index (χ0v) is 24.1. The zero-order valence-electron chi connectivity index (χ0n) is 24.1. The summed E-state index contributed by atoms with van der Waals surface area (Å²) in [4.78, 5) is 32.3. The first kappa shape index (κ1) is 28.2. The van der Waals surface area contributed by atoms with E-state index in [1.54, 1.807) is 23.6 Å². The highest BCUT2D eigenvalue weighted by Gasteiger charge is 2.36. The first-order valence-electron chi connectivity index (χ1n) is 14.5. The molecule has 9 heteroatoms. The van der Waals surface area contributed by atoms with Gasteiger partial charge in [-0.15, -0.1) is 0 Å². The Bertz CT molecular complexity index is 2310. The normalized spacial score (nSPS) is 11.9. The maximum Gasteiger partial charge on any atom is 0.416 e. The average Bonchev–Trinajstić information content (AvgIpc) is 3.05.